The van der Waals surface area contributed by atoms with Crippen LogP contribution < -0.4 is 4.90 Å². The molecule has 0 radical (unpaired) electrons. The van der Waals surface area contributed by atoms with Crippen LogP contribution in [-0.2, 0) is 0 Å². The van der Waals surface area contributed by atoms with Gasteiger partial charge in [0.15, 0.2) is 0 Å². The first-order valence-corrected chi connectivity index (χ1v) is 9.61. The Morgan fingerprint density at radius 1 is 0.960 bits per heavy atom. The van der Waals surface area contributed by atoms with Crippen molar-refractivity contribution in [1.82, 2.24) is 14.9 Å². The second-order valence-corrected chi connectivity index (χ2v) is 7.52. The molecule has 0 N–H and O–H groups in total. The quantitative estimate of drug-likeness (QED) is 0.857. The summed E-state index contributed by atoms with van der Waals surface area (Å²) in [5.41, 5.74) is 3.93. The highest BCUT2D eigenvalue weighted by atomic mass is 15.2. The molecule has 1 atom stereocenters. The largest absolute Gasteiger partial charge is 0.371 e. The number of nitrogens with zero attached hydrogens (tertiary/aromatic N) is 4. The van der Waals surface area contributed by atoms with Crippen molar-refractivity contribution < 1.29 is 0 Å². The maximum absolute atomic E-state index is 4.49. The van der Waals surface area contributed by atoms with Gasteiger partial charge in [-0.25, -0.2) is 9.97 Å². The minimum atomic E-state index is 0.576. The number of likely N-dealkylation sites (tertiary alicyclic amines) is 1. The number of aromatic nitrogens is 2. The smallest absolute Gasteiger partial charge is 0.115 e. The van der Waals surface area contributed by atoms with Gasteiger partial charge in [-0.2, -0.15) is 0 Å². The van der Waals surface area contributed by atoms with Crippen LogP contribution in [0, 0.1) is 6.92 Å². The van der Waals surface area contributed by atoms with Crippen LogP contribution in [0.3, 0.4) is 0 Å². The topological polar surface area (TPSA) is 32.3 Å². The molecular weight excluding hydrogens is 308 g/mol. The maximum Gasteiger partial charge on any atom is 0.115 e. The lowest BCUT2D eigenvalue weighted by Crippen LogP contribution is -2.48. The summed E-state index contributed by atoms with van der Waals surface area (Å²) < 4.78 is 0. The van der Waals surface area contributed by atoms with Crippen molar-refractivity contribution in [3.8, 4) is 0 Å². The molecule has 0 saturated carbocycles. The molecule has 4 heteroatoms. The Morgan fingerprint density at radius 2 is 1.76 bits per heavy atom. The monoisotopic (exact) mass is 336 g/mol. The second kappa shape index (κ2) is 7.52. The summed E-state index contributed by atoms with van der Waals surface area (Å²) in [7, 11) is 0. The molecule has 4 nitrogen and oxygen atoms in total. The van der Waals surface area contributed by atoms with Gasteiger partial charge in [-0.1, -0.05) is 17.7 Å². The molecule has 25 heavy (non-hydrogen) atoms. The van der Waals surface area contributed by atoms with E-state index in [0.717, 1.165) is 12.6 Å². The summed E-state index contributed by atoms with van der Waals surface area (Å²) in [5, 5.41) is 0. The Bertz CT molecular complexity index is 662. The van der Waals surface area contributed by atoms with E-state index in [1.165, 1.54) is 62.3 Å². The maximum atomic E-state index is 4.49. The van der Waals surface area contributed by atoms with Gasteiger partial charge in [0.25, 0.3) is 0 Å². The summed E-state index contributed by atoms with van der Waals surface area (Å²) in [6, 6.07) is 11.8. The third-order valence-electron chi connectivity index (χ3n) is 5.86. The predicted octanol–water partition coefficient (Wildman–Crippen LogP) is 3.63. The van der Waals surface area contributed by atoms with E-state index in [1.54, 1.807) is 6.33 Å². The van der Waals surface area contributed by atoms with Crippen LogP contribution in [0.5, 0.6) is 0 Å². The van der Waals surface area contributed by atoms with E-state index in [9.17, 15) is 0 Å². The van der Waals surface area contributed by atoms with Gasteiger partial charge in [0.05, 0.1) is 0 Å². The fraction of sp³-hybridized carbons (Fsp3) is 0.524. The van der Waals surface area contributed by atoms with Crippen molar-refractivity contribution in [2.75, 3.05) is 31.1 Å². The van der Waals surface area contributed by atoms with Gasteiger partial charge in [0.1, 0.15) is 6.33 Å². The molecule has 2 saturated heterocycles. The van der Waals surface area contributed by atoms with Gasteiger partial charge in [0.2, 0.25) is 0 Å². The number of hydrogen-bond acceptors (Lipinski definition) is 4. The average Bonchev–Trinajstić information content (AvgIpc) is 2.70. The van der Waals surface area contributed by atoms with E-state index in [-0.39, 0.29) is 0 Å². The van der Waals surface area contributed by atoms with Crippen LogP contribution in [0.1, 0.15) is 42.9 Å². The normalized spacial score (nSPS) is 22.9. The first-order chi connectivity index (χ1) is 12.3. The molecule has 0 aliphatic carbocycles. The summed E-state index contributed by atoms with van der Waals surface area (Å²) in [6.07, 6.45) is 8.65. The highest BCUT2D eigenvalue weighted by molar-refractivity contribution is 5.47. The molecule has 4 rings (SSSR count). The lowest BCUT2D eigenvalue weighted by Gasteiger charge is -2.42. The summed E-state index contributed by atoms with van der Waals surface area (Å²) in [4.78, 5) is 13.8. The zero-order valence-electron chi connectivity index (χ0n) is 15.1. The van der Waals surface area contributed by atoms with Crippen LogP contribution in [0.2, 0.25) is 0 Å². The highest BCUT2D eigenvalue weighted by Crippen LogP contribution is 2.30. The minimum Gasteiger partial charge on any atom is -0.371 e. The summed E-state index contributed by atoms with van der Waals surface area (Å²) >= 11 is 0. The van der Waals surface area contributed by atoms with Gasteiger partial charge >= 0.3 is 0 Å². The fourth-order valence-corrected chi connectivity index (χ4v) is 4.37. The average molecular weight is 336 g/mol. The molecule has 0 spiro atoms. The molecule has 1 unspecified atom stereocenters. The standard InChI is InChI=1S/C21H28N4/c1-17-4-6-19(7-5-17)24-13-9-20(10-14-24)25-12-2-3-18(15-25)21-8-11-22-16-23-21/h4-8,11,16,18,20H,2-3,9-10,12-15H2,1H3. The molecule has 2 aliphatic heterocycles. The third kappa shape index (κ3) is 3.84. The summed E-state index contributed by atoms with van der Waals surface area (Å²) in [5.74, 6) is 0.576. The first kappa shape index (κ1) is 16.5. The lowest BCUT2D eigenvalue weighted by molar-refractivity contribution is 0.127. The molecule has 3 heterocycles. The first-order valence-electron chi connectivity index (χ1n) is 9.61. The Hall–Kier alpha value is -1.94. The number of benzene rings is 1. The van der Waals surface area contributed by atoms with Crippen molar-refractivity contribution in [3.05, 3.63) is 54.1 Å². The van der Waals surface area contributed by atoms with Crippen molar-refractivity contribution in [2.24, 2.45) is 0 Å². The van der Waals surface area contributed by atoms with Crippen molar-refractivity contribution >= 4 is 5.69 Å². The zero-order valence-corrected chi connectivity index (χ0v) is 15.1. The van der Waals surface area contributed by atoms with Crippen molar-refractivity contribution in [1.29, 1.82) is 0 Å². The van der Waals surface area contributed by atoms with E-state index in [4.69, 9.17) is 0 Å². The van der Waals surface area contributed by atoms with Crippen LogP contribution in [0.4, 0.5) is 5.69 Å². The molecule has 132 valence electrons. The fourth-order valence-electron chi connectivity index (χ4n) is 4.37. The van der Waals surface area contributed by atoms with Crippen LogP contribution in [0.15, 0.2) is 42.9 Å². The SMILES string of the molecule is Cc1ccc(N2CCC(N3CCCC(c4ccncn4)C3)CC2)cc1. The number of aryl methyl sites for hydroxylation is 1. The van der Waals surface area contributed by atoms with Gasteiger partial charge in [-0.05, 0) is 57.4 Å². The Labute approximate surface area is 150 Å². The predicted molar refractivity (Wildman–Crippen MR) is 102 cm³/mol. The van der Waals surface area contributed by atoms with E-state index >= 15 is 0 Å². The molecular formula is C21H28N4. The Kier molecular flexibility index (Phi) is 4.97. The zero-order chi connectivity index (χ0) is 17.1. The third-order valence-corrected chi connectivity index (χ3v) is 5.86. The van der Waals surface area contributed by atoms with Gasteiger partial charge in [0, 0.05) is 49.2 Å². The van der Waals surface area contributed by atoms with E-state index < -0.39 is 0 Å². The number of hydrogen-bond donors (Lipinski definition) is 0. The minimum absolute atomic E-state index is 0.576. The van der Waals surface area contributed by atoms with E-state index in [2.05, 4.69) is 57.0 Å². The molecule has 0 bridgehead atoms. The van der Waals surface area contributed by atoms with E-state index in [1.807, 2.05) is 6.20 Å². The summed E-state index contributed by atoms with van der Waals surface area (Å²) in [6.45, 7) is 6.90. The number of piperidine rings is 2. The highest BCUT2D eigenvalue weighted by Gasteiger charge is 2.29. The van der Waals surface area contributed by atoms with Gasteiger partial charge in [-0.3, -0.25) is 4.90 Å². The molecule has 0 amide bonds. The molecule has 2 aliphatic rings. The van der Waals surface area contributed by atoms with Crippen LogP contribution in [-0.4, -0.2) is 47.1 Å². The van der Waals surface area contributed by atoms with Crippen molar-refractivity contribution in [2.45, 2.75) is 44.6 Å². The van der Waals surface area contributed by atoms with Crippen LogP contribution in [0.25, 0.3) is 0 Å². The molecule has 1 aromatic heterocycles. The van der Waals surface area contributed by atoms with Crippen LogP contribution >= 0.6 is 0 Å². The van der Waals surface area contributed by atoms with Crippen molar-refractivity contribution in [3.63, 3.8) is 0 Å². The molecule has 2 aromatic rings. The number of anilines is 1. The second-order valence-electron chi connectivity index (χ2n) is 7.52. The Morgan fingerprint density at radius 3 is 2.48 bits per heavy atom. The molecule has 1 aromatic carbocycles. The Balaban J connectivity index is 1.35. The van der Waals surface area contributed by atoms with E-state index in [0.29, 0.717) is 5.92 Å². The van der Waals surface area contributed by atoms with Gasteiger partial charge in [-0.15, -0.1) is 0 Å². The lowest BCUT2D eigenvalue weighted by atomic mass is 9.91. The van der Waals surface area contributed by atoms with Gasteiger partial charge < -0.3 is 4.90 Å². The molecule has 2 fully saturated rings. The number of rotatable bonds is 3.